The number of rotatable bonds is 4. The van der Waals surface area contributed by atoms with Gasteiger partial charge in [0.2, 0.25) is 0 Å². The lowest BCUT2D eigenvalue weighted by Gasteiger charge is -2.16. The molecule has 0 spiro atoms. The van der Waals surface area contributed by atoms with Crippen LogP contribution in [0.4, 0.5) is 0 Å². The van der Waals surface area contributed by atoms with Crippen molar-refractivity contribution in [1.82, 2.24) is 15.5 Å². The van der Waals surface area contributed by atoms with E-state index < -0.39 is 0 Å². The molecule has 5 heteroatoms. The molecule has 0 fully saturated rings. The molecule has 19 heavy (non-hydrogen) atoms. The number of benzene rings is 1. The largest absolute Gasteiger partial charge is 0.309 e. The molecule has 1 aromatic heterocycles. The van der Waals surface area contributed by atoms with Crippen molar-refractivity contribution in [3.8, 4) is 0 Å². The second kappa shape index (κ2) is 5.72. The maximum atomic E-state index is 11.8. The van der Waals surface area contributed by atoms with Gasteiger partial charge in [-0.25, -0.2) is 5.10 Å². The fourth-order valence-electron chi connectivity index (χ4n) is 2.00. The Labute approximate surface area is 117 Å². The molecule has 102 valence electrons. The Hall–Kier alpha value is -1.39. The monoisotopic (exact) mass is 279 g/mol. The van der Waals surface area contributed by atoms with Crippen LogP contribution in [0, 0.1) is 5.92 Å². The number of hydrogen-bond donors (Lipinski definition) is 2. The zero-order chi connectivity index (χ0) is 14.0. The third-order valence-electron chi connectivity index (χ3n) is 3.02. The van der Waals surface area contributed by atoms with Crippen molar-refractivity contribution in [1.29, 1.82) is 0 Å². The molecule has 1 atom stereocenters. The van der Waals surface area contributed by atoms with Gasteiger partial charge in [-0.15, -0.1) is 0 Å². The molecule has 1 aromatic carbocycles. The molecule has 2 aromatic rings. The summed E-state index contributed by atoms with van der Waals surface area (Å²) in [5.74, 6) is 0.561. The number of hydrogen-bond acceptors (Lipinski definition) is 3. The lowest BCUT2D eigenvalue weighted by molar-refractivity contribution is 0.489. The second-order valence-electron chi connectivity index (χ2n) is 5.15. The fourth-order valence-corrected chi connectivity index (χ4v) is 2.17. The van der Waals surface area contributed by atoms with E-state index in [1.165, 1.54) is 0 Å². The van der Waals surface area contributed by atoms with Crippen molar-refractivity contribution in [2.45, 2.75) is 26.8 Å². The van der Waals surface area contributed by atoms with Gasteiger partial charge in [0.1, 0.15) is 0 Å². The molecule has 4 nitrogen and oxygen atoms in total. The molecular weight excluding hydrogens is 262 g/mol. The minimum absolute atomic E-state index is 0.0722. The Morgan fingerprint density at radius 1 is 1.32 bits per heavy atom. The zero-order valence-corrected chi connectivity index (χ0v) is 12.1. The molecule has 0 bridgehead atoms. The van der Waals surface area contributed by atoms with E-state index in [4.69, 9.17) is 11.6 Å². The van der Waals surface area contributed by atoms with Gasteiger partial charge < -0.3 is 5.32 Å². The predicted octanol–water partition coefficient (Wildman–Crippen LogP) is 2.88. The van der Waals surface area contributed by atoms with E-state index in [9.17, 15) is 4.79 Å². The normalized spacial score (nSPS) is 13.1. The first kappa shape index (κ1) is 14.0. The summed E-state index contributed by atoms with van der Waals surface area (Å²) in [5, 5.41) is 12.1. The molecule has 0 aliphatic heterocycles. The minimum Gasteiger partial charge on any atom is -0.309 e. The summed E-state index contributed by atoms with van der Waals surface area (Å²) in [7, 11) is 0. The summed E-state index contributed by atoms with van der Waals surface area (Å²) in [6.07, 6.45) is 0. The summed E-state index contributed by atoms with van der Waals surface area (Å²) in [6.45, 7) is 7.24. The topological polar surface area (TPSA) is 57.8 Å². The smallest absolute Gasteiger partial charge is 0.272 e. The average Bonchev–Trinajstić information content (AvgIpc) is 2.37. The standard InChI is InChI=1S/C14H18ClN3O/c1-8(2)7-16-9(3)13-11-5-4-10(15)6-12(11)14(19)18-17-13/h4-6,8-9,16H,7H2,1-3H3,(H,18,19)/t9-/m1/s1. The number of nitrogens with one attached hydrogen (secondary N) is 2. The summed E-state index contributed by atoms with van der Waals surface area (Å²) >= 11 is 5.94. The molecule has 0 aliphatic rings. The number of fused-ring (bicyclic) bond motifs is 1. The van der Waals surface area contributed by atoms with Crippen molar-refractivity contribution >= 4 is 22.4 Å². The molecule has 2 N–H and O–H groups in total. The third-order valence-corrected chi connectivity index (χ3v) is 3.26. The molecule has 0 saturated carbocycles. The van der Waals surface area contributed by atoms with Crippen molar-refractivity contribution < 1.29 is 0 Å². The van der Waals surface area contributed by atoms with E-state index in [0.29, 0.717) is 16.3 Å². The maximum absolute atomic E-state index is 11.8. The summed E-state index contributed by atoms with van der Waals surface area (Å²) in [5.41, 5.74) is 0.629. The summed E-state index contributed by atoms with van der Waals surface area (Å²) < 4.78 is 0. The van der Waals surface area contributed by atoms with E-state index >= 15 is 0 Å². The van der Waals surface area contributed by atoms with Crippen molar-refractivity contribution in [3.05, 3.63) is 39.3 Å². The number of halogens is 1. The van der Waals surface area contributed by atoms with Gasteiger partial charge in [0.15, 0.2) is 0 Å². The first-order valence-corrected chi connectivity index (χ1v) is 6.78. The van der Waals surface area contributed by atoms with Gasteiger partial charge in [0.25, 0.3) is 5.56 Å². The van der Waals surface area contributed by atoms with E-state index in [1.54, 1.807) is 12.1 Å². The maximum Gasteiger partial charge on any atom is 0.272 e. The lowest BCUT2D eigenvalue weighted by Crippen LogP contribution is -2.25. The van der Waals surface area contributed by atoms with Crippen LogP contribution in [0.2, 0.25) is 5.02 Å². The van der Waals surface area contributed by atoms with Crippen LogP contribution in [-0.4, -0.2) is 16.7 Å². The van der Waals surface area contributed by atoms with Crippen LogP contribution in [0.1, 0.15) is 32.5 Å². The molecule has 0 unspecified atom stereocenters. The molecule has 0 amide bonds. The van der Waals surface area contributed by atoms with Gasteiger partial charge in [-0.05, 0) is 31.5 Å². The molecular formula is C14H18ClN3O. The van der Waals surface area contributed by atoms with Crippen molar-refractivity contribution in [3.63, 3.8) is 0 Å². The Morgan fingerprint density at radius 3 is 2.74 bits per heavy atom. The third kappa shape index (κ3) is 3.14. The highest BCUT2D eigenvalue weighted by atomic mass is 35.5. The minimum atomic E-state index is -0.211. The van der Waals surface area contributed by atoms with E-state index in [2.05, 4.69) is 29.4 Å². The van der Waals surface area contributed by atoms with Crippen LogP contribution in [0.3, 0.4) is 0 Å². The first-order valence-electron chi connectivity index (χ1n) is 6.40. The Morgan fingerprint density at radius 2 is 2.05 bits per heavy atom. The molecule has 0 saturated heterocycles. The Bertz CT molecular complexity index is 636. The van der Waals surface area contributed by atoms with Crippen LogP contribution in [-0.2, 0) is 0 Å². The van der Waals surface area contributed by atoms with Crippen LogP contribution in [0.5, 0.6) is 0 Å². The Balaban J connectivity index is 2.44. The highest BCUT2D eigenvalue weighted by Crippen LogP contribution is 2.22. The zero-order valence-electron chi connectivity index (χ0n) is 11.3. The van der Waals surface area contributed by atoms with E-state index in [1.807, 2.05) is 13.0 Å². The highest BCUT2D eigenvalue weighted by molar-refractivity contribution is 6.31. The van der Waals surface area contributed by atoms with Gasteiger partial charge in [-0.3, -0.25) is 4.79 Å². The van der Waals surface area contributed by atoms with E-state index in [0.717, 1.165) is 17.6 Å². The molecule has 2 rings (SSSR count). The van der Waals surface area contributed by atoms with Gasteiger partial charge in [0, 0.05) is 16.5 Å². The van der Waals surface area contributed by atoms with Gasteiger partial charge in [0.05, 0.1) is 11.1 Å². The van der Waals surface area contributed by atoms with Crippen molar-refractivity contribution in [2.75, 3.05) is 6.54 Å². The highest BCUT2D eigenvalue weighted by Gasteiger charge is 2.13. The molecule has 0 radical (unpaired) electrons. The number of nitrogens with zero attached hydrogens (tertiary/aromatic N) is 1. The number of aromatic nitrogens is 2. The van der Waals surface area contributed by atoms with Crippen LogP contribution >= 0.6 is 11.6 Å². The number of H-pyrrole nitrogens is 1. The first-order chi connectivity index (χ1) is 8.99. The van der Waals surface area contributed by atoms with Gasteiger partial charge >= 0.3 is 0 Å². The van der Waals surface area contributed by atoms with Gasteiger partial charge in [-0.1, -0.05) is 31.5 Å². The number of aromatic amines is 1. The second-order valence-corrected chi connectivity index (χ2v) is 5.59. The van der Waals surface area contributed by atoms with Crippen LogP contribution in [0.25, 0.3) is 10.8 Å². The van der Waals surface area contributed by atoms with Crippen molar-refractivity contribution in [2.24, 2.45) is 5.92 Å². The lowest BCUT2D eigenvalue weighted by atomic mass is 10.1. The predicted molar refractivity (Wildman–Crippen MR) is 78.6 cm³/mol. The van der Waals surface area contributed by atoms with Crippen LogP contribution < -0.4 is 10.9 Å². The van der Waals surface area contributed by atoms with E-state index in [-0.39, 0.29) is 11.6 Å². The summed E-state index contributed by atoms with van der Waals surface area (Å²) in [6, 6.07) is 5.38. The SMILES string of the molecule is CC(C)CN[C@H](C)c1n[nH]c(=O)c2cc(Cl)ccc12. The summed E-state index contributed by atoms with van der Waals surface area (Å²) in [4.78, 5) is 11.8. The fraction of sp³-hybridized carbons (Fsp3) is 0.429. The molecule has 0 aliphatic carbocycles. The van der Waals surface area contributed by atoms with Gasteiger partial charge in [-0.2, -0.15) is 5.10 Å². The Kier molecular flexibility index (Phi) is 4.22. The van der Waals surface area contributed by atoms with Crippen LogP contribution in [0.15, 0.2) is 23.0 Å². The quantitative estimate of drug-likeness (QED) is 0.905. The molecule has 1 heterocycles. The average molecular weight is 280 g/mol.